The standard InChI is InChI=1S/C14H17N3S/c1-2-16-11-6-3-7-12-13(11)17-14(18-12)10-5-4-8-15-9-10/h4-5,8-9,11,16H,2-3,6-7H2,1H3. The summed E-state index contributed by atoms with van der Waals surface area (Å²) in [4.78, 5) is 10.5. The molecule has 1 N–H and O–H groups in total. The number of fused-ring (bicyclic) bond motifs is 1. The van der Waals surface area contributed by atoms with E-state index in [9.17, 15) is 0 Å². The van der Waals surface area contributed by atoms with Gasteiger partial charge < -0.3 is 5.32 Å². The lowest BCUT2D eigenvalue weighted by Gasteiger charge is -2.21. The van der Waals surface area contributed by atoms with Crippen LogP contribution in [0.25, 0.3) is 10.6 Å². The van der Waals surface area contributed by atoms with Gasteiger partial charge in [0.1, 0.15) is 5.01 Å². The fraction of sp³-hybridized carbons (Fsp3) is 0.429. The van der Waals surface area contributed by atoms with Crippen LogP contribution in [0.5, 0.6) is 0 Å². The Bertz CT molecular complexity index is 521. The number of hydrogen-bond donors (Lipinski definition) is 1. The predicted molar refractivity (Wildman–Crippen MR) is 74.7 cm³/mol. The molecule has 94 valence electrons. The number of aromatic nitrogens is 2. The van der Waals surface area contributed by atoms with Crippen LogP contribution in [0.1, 0.15) is 36.4 Å². The number of rotatable bonds is 3. The summed E-state index contributed by atoms with van der Waals surface area (Å²) in [5.74, 6) is 0. The molecule has 1 aliphatic carbocycles. The molecule has 1 aliphatic rings. The van der Waals surface area contributed by atoms with Crippen molar-refractivity contribution in [2.24, 2.45) is 0 Å². The summed E-state index contributed by atoms with van der Waals surface area (Å²) >= 11 is 1.83. The fourth-order valence-electron chi connectivity index (χ4n) is 2.48. The normalized spacial score (nSPS) is 18.6. The van der Waals surface area contributed by atoms with Crippen molar-refractivity contribution in [1.82, 2.24) is 15.3 Å². The van der Waals surface area contributed by atoms with Gasteiger partial charge in [-0.1, -0.05) is 6.92 Å². The molecule has 1 atom stereocenters. The van der Waals surface area contributed by atoms with Crippen molar-refractivity contribution in [1.29, 1.82) is 0 Å². The van der Waals surface area contributed by atoms with Gasteiger partial charge in [0.05, 0.1) is 11.7 Å². The van der Waals surface area contributed by atoms with Crippen LogP contribution < -0.4 is 5.32 Å². The first-order valence-electron chi connectivity index (χ1n) is 6.52. The molecule has 0 amide bonds. The molecular weight excluding hydrogens is 242 g/mol. The van der Waals surface area contributed by atoms with E-state index in [1.54, 1.807) is 6.20 Å². The number of nitrogens with zero attached hydrogens (tertiary/aromatic N) is 2. The van der Waals surface area contributed by atoms with Crippen LogP contribution in [0.2, 0.25) is 0 Å². The highest BCUT2D eigenvalue weighted by Crippen LogP contribution is 2.36. The highest BCUT2D eigenvalue weighted by atomic mass is 32.1. The van der Waals surface area contributed by atoms with Gasteiger partial charge >= 0.3 is 0 Å². The molecule has 1 unspecified atom stereocenters. The average Bonchev–Trinajstić information content (AvgIpc) is 2.85. The second-order valence-corrected chi connectivity index (χ2v) is 5.66. The number of aryl methyl sites for hydroxylation is 1. The summed E-state index contributed by atoms with van der Waals surface area (Å²) in [5, 5.41) is 4.64. The Hall–Kier alpha value is -1.26. The lowest BCUT2D eigenvalue weighted by molar-refractivity contribution is 0.465. The van der Waals surface area contributed by atoms with Crippen molar-refractivity contribution < 1.29 is 0 Å². The van der Waals surface area contributed by atoms with Crippen LogP contribution in [0.3, 0.4) is 0 Å². The van der Waals surface area contributed by atoms with E-state index in [1.165, 1.54) is 29.8 Å². The molecule has 0 spiro atoms. The molecule has 0 saturated heterocycles. The van der Waals surface area contributed by atoms with Gasteiger partial charge in [0.2, 0.25) is 0 Å². The maximum atomic E-state index is 4.84. The van der Waals surface area contributed by atoms with Gasteiger partial charge in [-0.25, -0.2) is 4.98 Å². The maximum absolute atomic E-state index is 4.84. The third-order valence-electron chi connectivity index (χ3n) is 3.31. The highest BCUT2D eigenvalue weighted by Gasteiger charge is 2.24. The van der Waals surface area contributed by atoms with Crippen molar-refractivity contribution >= 4 is 11.3 Å². The lowest BCUT2D eigenvalue weighted by Crippen LogP contribution is -2.24. The molecule has 0 saturated carbocycles. The summed E-state index contributed by atoms with van der Waals surface area (Å²) in [7, 11) is 0. The van der Waals surface area contributed by atoms with Crippen molar-refractivity contribution in [2.45, 2.75) is 32.2 Å². The van der Waals surface area contributed by atoms with E-state index in [4.69, 9.17) is 4.98 Å². The molecule has 4 heteroatoms. The van der Waals surface area contributed by atoms with Gasteiger partial charge in [0.15, 0.2) is 0 Å². The maximum Gasteiger partial charge on any atom is 0.125 e. The zero-order valence-electron chi connectivity index (χ0n) is 10.5. The van der Waals surface area contributed by atoms with Gasteiger partial charge in [-0.3, -0.25) is 4.98 Å². The number of hydrogen-bond acceptors (Lipinski definition) is 4. The summed E-state index contributed by atoms with van der Waals surface area (Å²) in [6.45, 7) is 3.16. The highest BCUT2D eigenvalue weighted by molar-refractivity contribution is 7.15. The summed E-state index contributed by atoms with van der Waals surface area (Å²) in [6, 6.07) is 4.50. The van der Waals surface area contributed by atoms with E-state index in [-0.39, 0.29) is 0 Å². The van der Waals surface area contributed by atoms with Gasteiger partial charge in [-0.15, -0.1) is 11.3 Å². The van der Waals surface area contributed by atoms with Crippen molar-refractivity contribution in [3.05, 3.63) is 35.1 Å². The first-order valence-corrected chi connectivity index (χ1v) is 7.33. The van der Waals surface area contributed by atoms with E-state index in [0.29, 0.717) is 6.04 Å². The van der Waals surface area contributed by atoms with E-state index in [1.807, 2.05) is 23.6 Å². The Kier molecular flexibility index (Phi) is 3.39. The summed E-state index contributed by atoms with van der Waals surface area (Å²) in [5.41, 5.74) is 2.40. The Morgan fingerprint density at radius 1 is 1.50 bits per heavy atom. The Balaban J connectivity index is 1.96. The third-order valence-corrected chi connectivity index (χ3v) is 4.49. The summed E-state index contributed by atoms with van der Waals surface area (Å²) < 4.78 is 0. The second kappa shape index (κ2) is 5.16. The van der Waals surface area contributed by atoms with Crippen LogP contribution in [0.15, 0.2) is 24.5 Å². The molecule has 0 aromatic carbocycles. The van der Waals surface area contributed by atoms with E-state index in [2.05, 4.69) is 23.3 Å². The van der Waals surface area contributed by atoms with Crippen LogP contribution in [0.4, 0.5) is 0 Å². The molecule has 2 aromatic rings. The molecule has 2 aromatic heterocycles. The van der Waals surface area contributed by atoms with E-state index >= 15 is 0 Å². The second-order valence-electron chi connectivity index (χ2n) is 4.57. The minimum Gasteiger partial charge on any atom is -0.309 e. The van der Waals surface area contributed by atoms with Crippen molar-refractivity contribution in [3.63, 3.8) is 0 Å². The van der Waals surface area contributed by atoms with Crippen molar-refractivity contribution in [2.75, 3.05) is 6.54 Å². The third kappa shape index (κ3) is 2.18. The molecule has 0 aliphatic heterocycles. The predicted octanol–water partition coefficient (Wildman–Crippen LogP) is 3.19. The molecule has 2 heterocycles. The largest absolute Gasteiger partial charge is 0.309 e. The lowest BCUT2D eigenvalue weighted by atomic mass is 9.98. The number of nitrogens with one attached hydrogen (secondary N) is 1. The number of pyridine rings is 1. The Morgan fingerprint density at radius 2 is 2.44 bits per heavy atom. The molecule has 3 rings (SSSR count). The fourth-order valence-corrected chi connectivity index (χ4v) is 3.63. The Morgan fingerprint density at radius 3 is 3.22 bits per heavy atom. The molecule has 3 nitrogen and oxygen atoms in total. The van der Waals surface area contributed by atoms with Gasteiger partial charge in [-0.2, -0.15) is 0 Å². The SMILES string of the molecule is CCNC1CCCc2sc(-c3cccnc3)nc21. The first kappa shape index (κ1) is 11.8. The van der Waals surface area contributed by atoms with E-state index in [0.717, 1.165) is 17.1 Å². The molecule has 0 fully saturated rings. The topological polar surface area (TPSA) is 37.8 Å². The van der Waals surface area contributed by atoms with E-state index < -0.39 is 0 Å². The van der Waals surface area contributed by atoms with Crippen LogP contribution in [-0.4, -0.2) is 16.5 Å². The number of thiazole rings is 1. The first-order chi connectivity index (χ1) is 8.88. The van der Waals surface area contributed by atoms with Gasteiger partial charge in [-0.05, 0) is 37.9 Å². The smallest absolute Gasteiger partial charge is 0.125 e. The summed E-state index contributed by atoms with van der Waals surface area (Å²) in [6.07, 6.45) is 7.34. The zero-order chi connectivity index (χ0) is 12.4. The van der Waals surface area contributed by atoms with Crippen LogP contribution >= 0.6 is 11.3 Å². The van der Waals surface area contributed by atoms with Crippen LogP contribution in [0, 0.1) is 0 Å². The van der Waals surface area contributed by atoms with Gasteiger partial charge in [0, 0.05) is 22.8 Å². The average molecular weight is 259 g/mol. The molecular formula is C14H17N3S. The molecule has 18 heavy (non-hydrogen) atoms. The monoisotopic (exact) mass is 259 g/mol. The van der Waals surface area contributed by atoms with Crippen molar-refractivity contribution in [3.8, 4) is 10.6 Å². The van der Waals surface area contributed by atoms with Gasteiger partial charge in [0.25, 0.3) is 0 Å². The molecule has 0 bridgehead atoms. The zero-order valence-corrected chi connectivity index (χ0v) is 11.3. The quantitative estimate of drug-likeness (QED) is 0.920. The molecule has 0 radical (unpaired) electrons. The Labute approximate surface area is 111 Å². The minimum atomic E-state index is 0.445. The van der Waals surface area contributed by atoms with Crippen LogP contribution in [-0.2, 0) is 6.42 Å². The minimum absolute atomic E-state index is 0.445.